The molecule has 0 N–H and O–H groups in total. The lowest BCUT2D eigenvalue weighted by atomic mass is 9.90. The summed E-state index contributed by atoms with van der Waals surface area (Å²) in [6.07, 6.45) is 6.44. The number of likely N-dealkylation sites (tertiary alicyclic amines) is 1. The van der Waals surface area contributed by atoms with Gasteiger partial charge in [0.25, 0.3) is 5.91 Å². The molecule has 156 valence electrons. The minimum Gasteiger partial charge on any atom is -0.497 e. The van der Waals surface area contributed by atoms with Crippen LogP contribution in [0.25, 0.3) is 0 Å². The van der Waals surface area contributed by atoms with Crippen molar-refractivity contribution in [3.8, 4) is 5.75 Å². The van der Waals surface area contributed by atoms with Crippen LogP contribution in [0, 0.1) is 5.92 Å². The van der Waals surface area contributed by atoms with E-state index in [9.17, 15) is 4.79 Å². The minimum atomic E-state index is 0.157. The summed E-state index contributed by atoms with van der Waals surface area (Å²) in [5.74, 6) is 1.75. The Balaban J connectivity index is 1.29. The van der Waals surface area contributed by atoms with Gasteiger partial charge in [0.2, 0.25) is 0 Å². The Morgan fingerprint density at radius 3 is 2.37 bits per heavy atom. The van der Waals surface area contributed by atoms with Crippen LogP contribution in [-0.4, -0.2) is 35.6 Å². The molecule has 0 saturated carbocycles. The topological polar surface area (TPSA) is 34.5 Å². The van der Waals surface area contributed by atoms with Crippen molar-refractivity contribution >= 4 is 5.91 Å². The number of aryl methyl sites for hydroxylation is 1. The number of hydrogen-bond acceptors (Lipinski definition) is 2. The summed E-state index contributed by atoms with van der Waals surface area (Å²) >= 11 is 0. The third-order valence-electron chi connectivity index (χ3n) is 6.15. The zero-order chi connectivity index (χ0) is 20.8. The number of carbonyl (C=O) groups excluding carboxylic acids is 1. The average Bonchev–Trinajstić information content (AvgIpc) is 3.26. The van der Waals surface area contributed by atoms with Gasteiger partial charge in [0.1, 0.15) is 11.4 Å². The molecule has 1 aromatic heterocycles. The number of carbonyl (C=O) groups is 1. The fourth-order valence-electron chi connectivity index (χ4n) is 4.28. The zero-order valence-electron chi connectivity index (χ0n) is 17.7. The molecule has 1 amide bonds. The highest BCUT2D eigenvalue weighted by Gasteiger charge is 2.25. The van der Waals surface area contributed by atoms with Crippen molar-refractivity contribution in [2.75, 3.05) is 20.2 Å². The lowest BCUT2D eigenvalue weighted by Gasteiger charge is -2.32. The van der Waals surface area contributed by atoms with Gasteiger partial charge in [-0.25, -0.2) is 0 Å². The van der Waals surface area contributed by atoms with Gasteiger partial charge in [-0.15, -0.1) is 0 Å². The van der Waals surface area contributed by atoms with E-state index in [0.29, 0.717) is 5.92 Å². The summed E-state index contributed by atoms with van der Waals surface area (Å²) in [6, 6.07) is 22.6. The predicted octanol–water partition coefficient (Wildman–Crippen LogP) is 5.03. The van der Waals surface area contributed by atoms with E-state index in [1.807, 2.05) is 53.6 Å². The van der Waals surface area contributed by atoms with Crippen molar-refractivity contribution in [2.45, 2.75) is 32.2 Å². The summed E-state index contributed by atoms with van der Waals surface area (Å²) in [6.45, 7) is 2.43. The maximum absolute atomic E-state index is 13.1. The molecule has 1 aliphatic rings. The van der Waals surface area contributed by atoms with Gasteiger partial charge >= 0.3 is 0 Å². The molecule has 30 heavy (non-hydrogen) atoms. The smallest absolute Gasteiger partial charge is 0.270 e. The van der Waals surface area contributed by atoms with Gasteiger partial charge < -0.3 is 14.2 Å². The Hall–Kier alpha value is -3.01. The van der Waals surface area contributed by atoms with E-state index in [2.05, 4.69) is 28.8 Å². The summed E-state index contributed by atoms with van der Waals surface area (Å²) in [5, 5.41) is 0. The number of methoxy groups -OCH3 is 1. The first-order valence-electron chi connectivity index (χ1n) is 10.8. The summed E-state index contributed by atoms with van der Waals surface area (Å²) in [4.78, 5) is 15.1. The zero-order valence-corrected chi connectivity index (χ0v) is 17.7. The molecule has 2 aromatic carbocycles. The lowest BCUT2D eigenvalue weighted by molar-refractivity contribution is 0.0676. The van der Waals surface area contributed by atoms with Crippen molar-refractivity contribution in [1.82, 2.24) is 9.47 Å². The molecule has 0 atom stereocenters. The predicted molar refractivity (Wildman–Crippen MR) is 120 cm³/mol. The van der Waals surface area contributed by atoms with Gasteiger partial charge in [0.15, 0.2) is 0 Å². The van der Waals surface area contributed by atoms with Gasteiger partial charge in [0.05, 0.1) is 7.11 Å². The third-order valence-corrected chi connectivity index (χ3v) is 6.15. The molecule has 4 nitrogen and oxygen atoms in total. The fourth-order valence-corrected chi connectivity index (χ4v) is 4.28. The minimum absolute atomic E-state index is 0.157. The first kappa shape index (κ1) is 20.3. The molecule has 0 bridgehead atoms. The Morgan fingerprint density at radius 1 is 0.933 bits per heavy atom. The number of aromatic nitrogens is 1. The van der Waals surface area contributed by atoms with Crippen LogP contribution >= 0.6 is 0 Å². The SMILES string of the molecule is COc1ccc(CCC2CCN(C(=O)c3cccn3Cc3ccccc3)CC2)cc1. The average molecular weight is 403 g/mol. The summed E-state index contributed by atoms with van der Waals surface area (Å²) in [5.41, 5.74) is 3.35. The molecule has 0 aliphatic carbocycles. The first-order valence-corrected chi connectivity index (χ1v) is 10.8. The van der Waals surface area contributed by atoms with Crippen molar-refractivity contribution < 1.29 is 9.53 Å². The van der Waals surface area contributed by atoms with E-state index in [4.69, 9.17) is 4.74 Å². The molecule has 1 saturated heterocycles. The number of ether oxygens (including phenoxy) is 1. The second-order valence-electron chi connectivity index (χ2n) is 8.13. The highest BCUT2D eigenvalue weighted by Crippen LogP contribution is 2.24. The Morgan fingerprint density at radius 2 is 1.67 bits per heavy atom. The van der Waals surface area contributed by atoms with E-state index in [1.54, 1.807) is 7.11 Å². The highest BCUT2D eigenvalue weighted by atomic mass is 16.5. The molecule has 1 aliphatic heterocycles. The van der Waals surface area contributed by atoms with Crippen molar-refractivity contribution in [3.05, 3.63) is 89.7 Å². The number of hydrogen-bond donors (Lipinski definition) is 0. The van der Waals surface area contributed by atoms with E-state index in [1.165, 1.54) is 17.5 Å². The molecule has 3 aromatic rings. The molecule has 4 rings (SSSR count). The van der Waals surface area contributed by atoms with Gasteiger partial charge in [-0.3, -0.25) is 4.79 Å². The lowest BCUT2D eigenvalue weighted by Crippen LogP contribution is -2.39. The Kier molecular flexibility index (Phi) is 6.53. The second-order valence-corrected chi connectivity index (χ2v) is 8.13. The van der Waals surface area contributed by atoms with Gasteiger partial charge in [0, 0.05) is 25.8 Å². The van der Waals surface area contributed by atoms with Crippen molar-refractivity contribution in [2.24, 2.45) is 5.92 Å². The first-order chi connectivity index (χ1) is 14.7. The van der Waals surface area contributed by atoms with Crippen LogP contribution in [0.2, 0.25) is 0 Å². The van der Waals surface area contributed by atoms with Crippen LogP contribution < -0.4 is 4.74 Å². The van der Waals surface area contributed by atoms with E-state index in [-0.39, 0.29) is 5.91 Å². The largest absolute Gasteiger partial charge is 0.497 e. The normalized spacial score (nSPS) is 14.6. The van der Waals surface area contributed by atoms with Gasteiger partial charge in [-0.1, -0.05) is 42.5 Å². The number of piperidine rings is 1. The number of nitrogens with zero attached hydrogens (tertiary/aromatic N) is 2. The standard InChI is InChI=1S/C26H30N2O2/c1-30-24-13-11-21(12-14-24)9-10-22-15-18-27(19-16-22)26(29)25-8-5-17-28(25)20-23-6-3-2-4-7-23/h2-8,11-14,17,22H,9-10,15-16,18-20H2,1H3. The van der Waals surface area contributed by atoms with Gasteiger partial charge in [-0.05, 0) is 67.0 Å². The van der Waals surface area contributed by atoms with E-state index in [0.717, 1.165) is 50.3 Å². The van der Waals surface area contributed by atoms with Crippen LogP contribution in [0.3, 0.4) is 0 Å². The maximum atomic E-state index is 13.1. The fraction of sp³-hybridized carbons (Fsp3) is 0.346. The number of amides is 1. The summed E-state index contributed by atoms with van der Waals surface area (Å²) in [7, 11) is 1.70. The molecule has 0 spiro atoms. The third kappa shape index (κ3) is 4.93. The molecule has 4 heteroatoms. The van der Waals surface area contributed by atoms with E-state index >= 15 is 0 Å². The van der Waals surface area contributed by atoms with Crippen LogP contribution in [0.1, 0.15) is 40.9 Å². The van der Waals surface area contributed by atoms with E-state index < -0.39 is 0 Å². The quantitative estimate of drug-likeness (QED) is 0.555. The molecule has 0 radical (unpaired) electrons. The highest BCUT2D eigenvalue weighted by molar-refractivity contribution is 5.92. The van der Waals surface area contributed by atoms with Crippen LogP contribution in [0.15, 0.2) is 72.9 Å². The van der Waals surface area contributed by atoms with Crippen molar-refractivity contribution in [1.29, 1.82) is 0 Å². The molecule has 2 heterocycles. The Bertz CT molecular complexity index is 939. The van der Waals surface area contributed by atoms with Crippen LogP contribution in [0.4, 0.5) is 0 Å². The summed E-state index contributed by atoms with van der Waals surface area (Å²) < 4.78 is 7.29. The molecule has 1 fully saturated rings. The maximum Gasteiger partial charge on any atom is 0.270 e. The molecular formula is C26H30N2O2. The molecule has 0 unspecified atom stereocenters. The number of rotatable bonds is 7. The van der Waals surface area contributed by atoms with Crippen LogP contribution in [-0.2, 0) is 13.0 Å². The second kappa shape index (κ2) is 9.66. The monoisotopic (exact) mass is 402 g/mol. The molecular weight excluding hydrogens is 372 g/mol. The van der Waals surface area contributed by atoms with Gasteiger partial charge in [-0.2, -0.15) is 0 Å². The van der Waals surface area contributed by atoms with Crippen molar-refractivity contribution in [3.63, 3.8) is 0 Å². The van der Waals surface area contributed by atoms with Crippen LogP contribution in [0.5, 0.6) is 5.75 Å². The number of benzene rings is 2. The Labute approximate surface area is 179 Å².